The molecule has 1 aliphatic heterocycles. The number of hydrogen-bond donors (Lipinski definition) is 1. The maximum absolute atomic E-state index is 10.0. The van der Waals surface area contributed by atoms with Crippen LogP contribution in [0.4, 0.5) is 0 Å². The second-order valence-electron chi connectivity index (χ2n) is 7.75. The molecule has 2 aliphatic rings. The number of nitriles is 3. The summed E-state index contributed by atoms with van der Waals surface area (Å²) in [6.07, 6.45) is 2.03. The van der Waals surface area contributed by atoms with Gasteiger partial charge in [0, 0.05) is 24.9 Å². The molecule has 1 fully saturated rings. The van der Waals surface area contributed by atoms with E-state index in [2.05, 4.69) is 23.1 Å². The molecule has 1 N–H and O–H groups in total. The van der Waals surface area contributed by atoms with Gasteiger partial charge in [-0.05, 0) is 44.2 Å². The highest BCUT2D eigenvalue weighted by Crippen LogP contribution is 2.53. The Morgan fingerprint density at radius 2 is 1.82 bits per heavy atom. The summed E-state index contributed by atoms with van der Waals surface area (Å²) in [5.41, 5.74) is -0.105. The van der Waals surface area contributed by atoms with Gasteiger partial charge in [-0.2, -0.15) is 15.8 Å². The summed E-state index contributed by atoms with van der Waals surface area (Å²) in [5, 5.41) is 38.3. The van der Waals surface area contributed by atoms with E-state index in [-0.39, 0.29) is 17.7 Å². The van der Waals surface area contributed by atoms with Crippen molar-refractivity contribution in [2.45, 2.75) is 25.9 Å². The van der Waals surface area contributed by atoms with Crippen LogP contribution in [0.1, 0.15) is 25.3 Å². The van der Waals surface area contributed by atoms with Crippen LogP contribution in [-0.2, 0) is 0 Å². The van der Waals surface area contributed by atoms with E-state index in [1.165, 1.54) is 0 Å². The molecular formula is C22H23N5O. The van der Waals surface area contributed by atoms with Crippen molar-refractivity contribution >= 4 is 5.71 Å². The minimum absolute atomic E-state index is 0.0453. The highest BCUT2D eigenvalue weighted by Gasteiger charge is 2.57. The Bertz CT molecular complexity index is 912. The van der Waals surface area contributed by atoms with Gasteiger partial charge in [-0.15, -0.1) is 0 Å². The lowest BCUT2D eigenvalue weighted by molar-refractivity contribution is 0.233. The fourth-order valence-corrected chi connectivity index (χ4v) is 4.35. The number of likely N-dealkylation sites (N-methyl/N-ethyl adjacent to an activating group) is 1. The quantitative estimate of drug-likeness (QED) is 0.818. The van der Waals surface area contributed by atoms with E-state index in [4.69, 9.17) is 10.1 Å². The second kappa shape index (κ2) is 7.47. The Balaban J connectivity index is 2.15. The van der Waals surface area contributed by atoms with Crippen LogP contribution in [0.3, 0.4) is 0 Å². The van der Waals surface area contributed by atoms with E-state index in [1.807, 2.05) is 51.2 Å². The van der Waals surface area contributed by atoms with Crippen molar-refractivity contribution in [3.8, 4) is 24.0 Å². The molecule has 6 nitrogen and oxygen atoms in total. The van der Waals surface area contributed by atoms with Gasteiger partial charge in [0.25, 0.3) is 0 Å². The minimum Gasteiger partial charge on any atom is -0.491 e. The zero-order valence-corrected chi connectivity index (χ0v) is 16.3. The molecule has 28 heavy (non-hydrogen) atoms. The largest absolute Gasteiger partial charge is 0.491 e. The van der Waals surface area contributed by atoms with Crippen molar-refractivity contribution in [3.05, 3.63) is 41.5 Å². The van der Waals surface area contributed by atoms with E-state index in [0.717, 1.165) is 16.9 Å². The third kappa shape index (κ3) is 3.05. The number of rotatable bonds is 3. The van der Waals surface area contributed by atoms with Crippen molar-refractivity contribution in [2.75, 3.05) is 20.1 Å². The third-order valence-electron chi connectivity index (χ3n) is 5.58. The number of hydrogen-bond acceptors (Lipinski definition) is 6. The van der Waals surface area contributed by atoms with Gasteiger partial charge in [0.05, 0.1) is 30.0 Å². The summed E-state index contributed by atoms with van der Waals surface area (Å²) < 4.78 is 5.71. The summed E-state index contributed by atoms with van der Waals surface area (Å²) in [6.45, 7) is 5.22. The summed E-state index contributed by atoms with van der Waals surface area (Å²) in [4.78, 5) is 2.11. The first-order valence-corrected chi connectivity index (χ1v) is 9.34. The molecule has 0 unspecified atom stereocenters. The van der Waals surface area contributed by atoms with Gasteiger partial charge < -0.3 is 15.0 Å². The SMILES string of the molecule is CC(C)Oc1ccc([C@@H]2[C@H]3CN(C)CC=C3[C@@H](C#N)C(=N)C2(C#N)C#N)cc1. The highest BCUT2D eigenvalue weighted by atomic mass is 16.5. The molecule has 0 amide bonds. The predicted octanol–water partition coefficient (Wildman–Crippen LogP) is 3.25. The van der Waals surface area contributed by atoms with Gasteiger partial charge in [-0.25, -0.2) is 0 Å². The van der Waals surface area contributed by atoms with Crippen molar-refractivity contribution in [1.29, 1.82) is 21.2 Å². The monoisotopic (exact) mass is 373 g/mol. The Morgan fingerprint density at radius 1 is 1.18 bits per heavy atom. The summed E-state index contributed by atoms with van der Waals surface area (Å²) in [6, 6.07) is 13.8. The molecule has 142 valence electrons. The van der Waals surface area contributed by atoms with Crippen LogP contribution in [0.5, 0.6) is 5.75 Å². The Hall–Kier alpha value is -3.14. The number of nitrogens with one attached hydrogen (secondary N) is 1. The van der Waals surface area contributed by atoms with Crippen LogP contribution in [0, 0.1) is 56.7 Å². The van der Waals surface area contributed by atoms with Crippen molar-refractivity contribution < 1.29 is 4.74 Å². The Morgan fingerprint density at radius 3 is 2.36 bits per heavy atom. The highest BCUT2D eigenvalue weighted by molar-refractivity contribution is 6.00. The standard InChI is InChI=1S/C22H23N5O/c1-14(2)28-16-6-4-15(5-7-16)20-19-11-27(3)9-8-17(19)18(10-23)21(26)22(20,12-24)13-25/h4-8,14,18-20,26H,9,11H2,1-3H3/t18-,19+,20-/m1/s1. The molecule has 1 aliphatic carbocycles. The number of benzene rings is 1. The first-order valence-electron chi connectivity index (χ1n) is 9.34. The summed E-state index contributed by atoms with van der Waals surface area (Å²) in [7, 11) is 1.98. The maximum Gasteiger partial charge on any atom is 0.189 e. The van der Waals surface area contributed by atoms with E-state index in [9.17, 15) is 15.8 Å². The molecule has 0 aromatic heterocycles. The van der Waals surface area contributed by atoms with Crippen molar-refractivity contribution in [2.24, 2.45) is 17.3 Å². The third-order valence-corrected chi connectivity index (χ3v) is 5.58. The lowest BCUT2D eigenvalue weighted by Gasteiger charge is -2.47. The zero-order chi connectivity index (χ0) is 20.5. The average Bonchev–Trinajstić information content (AvgIpc) is 2.68. The first kappa shape index (κ1) is 19.6. The molecule has 1 saturated carbocycles. The molecule has 0 spiro atoms. The fourth-order valence-electron chi connectivity index (χ4n) is 4.35. The summed E-state index contributed by atoms with van der Waals surface area (Å²) >= 11 is 0. The van der Waals surface area contributed by atoms with Gasteiger partial charge in [0.1, 0.15) is 11.7 Å². The van der Waals surface area contributed by atoms with Gasteiger partial charge in [-0.3, -0.25) is 0 Å². The average molecular weight is 373 g/mol. The molecule has 3 rings (SSSR count). The minimum atomic E-state index is -1.67. The smallest absolute Gasteiger partial charge is 0.189 e. The molecule has 1 heterocycles. The van der Waals surface area contributed by atoms with Crippen LogP contribution in [0.2, 0.25) is 0 Å². The van der Waals surface area contributed by atoms with Crippen molar-refractivity contribution in [3.63, 3.8) is 0 Å². The number of ether oxygens (including phenoxy) is 1. The lowest BCUT2D eigenvalue weighted by atomic mass is 9.54. The molecule has 0 radical (unpaired) electrons. The molecule has 1 aromatic rings. The molecule has 1 aromatic carbocycles. The molecule has 3 atom stereocenters. The number of nitrogens with zero attached hydrogens (tertiary/aromatic N) is 4. The molecule has 0 bridgehead atoms. The van der Waals surface area contributed by atoms with E-state index in [1.54, 1.807) is 0 Å². The molecular weight excluding hydrogens is 350 g/mol. The molecule has 6 heteroatoms. The summed E-state index contributed by atoms with van der Waals surface area (Å²) in [5.74, 6) is -0.788. The topological polar surface area (TPSA) is 108 Å². The van der Waals surface area contributed by atoms with E-state index >= 15 is 0 Å². The van der Waals surface area contributed by atoms with Gasteiger partial charge in [0.2, 0.25) is 0 Å². The van der Waals surface area contributed by atoms with Crippen molar-refractivity contribution in [1.82, 2.24) is 4.90 Å². The lowest BCUT2D eigenvalue weighted by Crippen LogP contribution is -2.52. The fraction of sp³-hybridized carbons (Fsp3) is 0.455. The maximum atomic E-state index is 10.0. The van der Waals surface area contributed by atoms with Gasteiger partial charge in [-0.1, -0.05) is 18.2 Å². The van der Waals surface area contributed by atoms with Crippen LogP contribution >= 0.6 is 0 Å². The Labute approximate surface area is 165 Å². The first-order chi connectivity index (χ1) is 13.4. The Kier molecular flexibility index (Phi) is 5.23. The van der Waals surface area contributed by atoms with E-state index in [0.29, 0.717) is 13.1 Å². The zero-order valence-electron chi connectivity index (χ0n) is 16.3. The normalized spacial score (nSPS) is 26.4. The van der Waals surface area contributed by atoms with Gasteiger partial charge in [0.15, 0.2) is 5.41 Å². The van der Waals surface area contributed by atoms with E-state index < -0.39 is 17.3 Å². The molecule has 0 saturated heterocycles. The van der Waals surface area contributed by atoms with Crippen LogP contribution in [0.25, 0.3) is 0 Å². The number of fused-ring (bicyclic) bond motifs is 1. The predicted molar refractivity (Wildman–Crippen MR) is 105 cm³/mol. The van der Waals surface area contributed by atoms with Crippen LogP contribution < -0.4 is 4.74 Å². The second-order valence-corrected chi connectivity index (χ2v) is 7.75. The van der Waals surface area contributed by atoms with Gasteiger partial charge >= 0.3 is 0 Å². The van der Waals surface area contributed by atoms with Crippen LogP contribution in [0.15, 0.2) is 35.9 Å². The van der Waals surface area contributed by atoms with Crippen LogP contribution in [-0.4, -0.2) is 36.9 Å².